The summed E-state index contributed by atoms with van der Waals surface area (Å²) in [6.07, 6.45) is 1.46. The van der Waals surface area contributed by atoms with E-state index < -0.39 is 0 Å². The zero-order valence-corrected chi connectivity index (χ0v) is 10.7. The first-order valence-electron chi connectivity index (χ1n) is 6.62. The maximum absolute atomic E-state index is 11.9. The van der Waals surface area contributed by atoms with Crippen LogP contribution in [0.25, 0.3) is 0 Å². The summed E-state index contributed by atoms with van der Waals surface area (Å²) in [7, 11) is 0. The van der Waals surface area contributed by atoms with Crippen LogP contribution in [0.3, 0.4) is 0 Å². The van der Waals surface area contributed by atoms with Crippen molar-refractivity contribution in [1.29, 1.82) is 0 Å². The minimum absolute atomic E-state index is 0.0207. The molecule has 2 heteroatoms. The fraction of sp³-hybridized carbons (Fsp3) is 0.235. The lowest BCUT2D eigenvalue weighted by atomic mass is 9.94. The number of rotatable bonds is 3. The Hall–Kier alpha value is -2.09. The highest BCUT2D eigenvalue weighted by atomic mass is 16.5. The van der Waals surface area contributed by atoms with Gasteiger partial charge in [-0.05, 0) is 17.5 Å². The van der Waals surface area contributed by atoms with Gasteiger partial charge in [0.15, 0.2) is 0 Å². The van der Waals surface area contributed by atoms with Crippen molar-refractivity contribution < 1.29 is 9.53 Å². The van der Waals surface area contributed by atoms with Crippen molar-refractivity contribution in [3.8, 4) is 0 Å². The van der Waals surface area contributed by atoms with Gasteiger partial charge in [0.2, 0.25) is 0 Å². The number of carbonyl (C=O) groups is 1. The standard InChI is InChI=1S/C17H16O2/c18-17-15(11-13-7-3-1-4-8-13)12-16(19-17)14-9-5-2-6-10-14/h1-10,15-16H,11-12H2/t15-,16+/m0/s1. The molecule has 1 heterocycles. The molecule has 0 aromatic heterocycles. The second-order valence-corrected chi connectivity index (χ2v) is 4.96. The van der Waals surface area contributed by atoms with E-state index in [2.05, 4.69) is 12.1 Å². The Bertz CT molecular complexity index is 548. The number of carbonyl (C=O) groups excluding carboxylic acids is 1. The first kappa shape index (κ1) is 12.0. The van der Waals surface area contributed by atoms with Crippen LogP contribution in [0.4, 0.5) is 0 Å². The van der Waals surface area contributed by atoms with Gasteiger partial charge in [-0.25, -0.2) is 0 Å². The molecule has 19 heavy (non-hydrogen) atoms. The van der Waals surface area contributed by atoms with E-state index in [4.69, 9.17) is 4.74 Å². The van der Waals surface area contributed by atoms with Gasteiger partial charge >= 0.3 is 5.97 Å². The molecule has 2 aromatic carbocycles. The minimum atomic E-state index is -0.0811. The smallest absolute Gasteiger partial charge is 0.310 e. The predicted octanol–water partition coefficient (Wildman–Crippen LogP) is 3.53. The molecule has 0 bridgehead atoms. The van der Waals surface area contributed by atoms with Crippen molar-refractivity contribution >= 4 is 5.97 Å². The summed E-state index contributed by atoms with van der Waals surface area (Å²) in [5.41, 5.74) is 2.28. The molecule has 1 aliphatic heterocycles. The van der Waals surface area contributed by atoms with E-state index in [1.165, 1.54) is 5.56 Å². The maximum Gasteiger partial charge on any atom is 0.310 e. The quantitative estimate of drug-likeness (QED) is 0.781. The molecule has 2 atom stereocenters. The van der Waals surface area contributed by atoms with Gasteiger partial charge in [0, 0.05) is 6.42 Å². The Labute approximate surface area is 113 Å². The second-order valence-electron chi connectivity index (χ2n) is 4.96. The van der Waals surface area contributed by atoms with E-state index in [1.54, 1.807) is 0 Å². The van der Waals surface area contributed by atoms with Crippen molar-refractivity contribution in [2.24, 2.45) is 5.92 Å². The van der Waals surface area contributed by atoms with Crippen molar-refractivity contribution in [2.75, 3.05) is 0 Å². The van der Waals surface area contributed by atoms with Gasteiger partial charge in [0.25, 0.3) is 0 Å². The van der Waals surface area contributed by atoms with E-state index in [0.29, 0.717) is 0 Å². The Balaban J connectivity index is 1.71. The molecule has 0 N–H and O–H groups in total. The SMILES string of the molecule is O=C1O[C@@H](c2ccccc2)C[C@@H]1Cc1ccccc1. The zero-order valence-electron chi connectivity index (χ0n) is 10.7. The fourth-order valence-electron chi connectivity index (χ4n) is 2.58. The molecule has 0 unspecified atom stereocenters. The lowest BCUT2D eigenvalue weighted by molar-refractivity contribution is -0.144. The first-order chi connectivity index (χ1) is 9.33. The summed E-state index contributed by atoms with van der Waals surface area (Å²) < 4.78 is 5.49. The van der Waals surface area contributed by atoms with Gasteiger partial charge in [-0.3, -0.25) is 4.79 Å². The van der Waals surface area contributed by atoms with Crippen LogP contribution in [0.15, 0.2) is 60.7 Å². The molecule has 1 fully saturated rings. The molecule has 1 aliphatic rings. The van der Waals surface area contributed by atoms with Gasteiger partial charge in [-0.1, -0.05) is 60.7 Å². The van der Waals surface area contributed by atoms with E-state index >= 15 is 0 Å². The van der Waals surface area contributed by atoms with Crippen molar-refractivity contribution in [3.63, 3.8) is 0 Å². The van der Waals surface area contributed by atoms with Crippen LogP contribution >= 0.6 is 0 Å². The van der Waals surface area contributed by atoms with E-state index in [9.17, 15) is 4.79 Å². The Kier molecular flexibility index (Phi) is 3.32. The number of esters is 1. The predicted molar refractivity (Wildman–Crippen MR) is 73.5 cm³/mol. The highest BCUT2D eigenvalue weighted by Crippen LogP contribution is 2.34. The topological polar surface area (TPSA) is 26.3 Å². The van der Waals surface area contributed by atoms with Crippen LogP contribution in [0.2, 0.25) is 0 Å². The van der Waals surface area contributed by atoms with E-state index in [1.807, 2.05) is 48.5 Å². The van der Waals surface area contributed by atoms with Crippen LogP contribution in [0, 0.1) is 5.92 Å². The van der Waals surface area contributed by atoms with Crippen LogP contribution in [0.1, 0.15) is 23.7 Å². The summed E-state index contributed by atoms with van der Waals surface area (Å²) in [6, 6.07) is 20.1. The molecule has 0 spiro atoms. The third kappa shape index (κ3) is 2.68. The Morgan fingerprint density at radius 2 is 1.58 bits per heavy atom. The summed E-state index contributed by atoms with van der Waals surface area (Å²) in [5, 5.41) is 0. The average Bonchev–Trinajstić information content (AvgIpc) is 2.82. The number of benzene rings is 2. The van der Waals surface area contributed by atoms with Crippen molar-refractivity contribution in [3.05, 3.63) is 71.8 Å². The van der Waals surface area contributed by atoms with E-state index in [0.717, 1.165) is 18.4 Å². The van der Waals surface area contributed by atoms with Crippen LogP contribution in [0.5, 0.6) is 0 Å². The molecule has 0 radical (unpaired) electrons. The largest absolute Gasteiger partial charge is 0.457 e. The Morgan fingerprint density at radius 1 is 0.947 bits per heavy atom. The molecular formula is C17H16O2. The van der Waals surface area contributed by atoms with Crippen LogP contribution in [-0.2, 0) is 16.0 Å². The molecule has 0 aliphatic carbocycles. The number of hydrogen-bond donors (Lipinski definition) is 0. The molecule has 3 rings (SSSR count). The van der Waals surface area contributed by atoms with Gasteiger partial charge in [-0.15, -0.1) is 0 Å². The highest BCUT2D eigenvalue weighted by molar-refractivity contribution is 5.75. The Morgan fingerprint density at radius 3 is 2.26 bits per heavy atom. The van der Waals surface area contributed by atoms with Crippen LogP contribution < -0.4 is 0 Å². The zero-order chi connectivity index (χ0) is 13.1. The molecule has 2 aromatic rings. The monoisotopic (exact) mass is 252 g/mol. The summed E-state index contributed by atoms with van der Waals surface area (Å²) in [5.74, 6) is -0.0923. The third-order valence-electron chi connectivity index (χ3n) is 3.59. The summed E-state index contributed by atoms with van der Waals surface area (Å²) in [4.78, 5) is 11.9. The third-order valence-corrected chi connectivity index (χ3v) is 3.59. The second kappa shape index (κ2) is 5.27. The van der Waals surface area contributed by atoms with Gasteiger partial charge in [0.1, 0.15) is 6.10 Å². The fourth-order valence-corrected chi connectivity index (χ4v) is 2.58. The molecule has 96 valence electrons. The molecular weight excluding hydrogens is 236 g/mol. The minimum Gasteiger partial charge on any atom is -0.457 e. The molecule has 0 amide bonds. The van der Waals surface area contributed by atoms with Crippen molar-refractivity contribution in [1.82, 2.24) is 0 Å². The van der Waals surface area contributed by atoms with E-state index in [-0.39, 0.29) is 18.0 Å². The number of ether oxygens (including phenoxy) is 1. The van der Waals surface area contributed by atoms with Gasteiger partial charge in [-0.2, -0.15) is 0 Å². The lowest BCUT2D eigenvalue weighted by Gasteiger charge is -2.08. The van der Waals surface area contributed by atoms with Gasteiger partial charge < -0.3 is 4.74 Å². The first-order valence-corrected chi connectivity index (χ1v) is 6.62. The molecule has 1 saturated heterocycles. The highest BCUT2D eigenvalue weighted by Gasteiger charge is 2.34. The lowest BCUT2D eigenvalue weighted by Crippen LogP contribution is -2.10. The summed E-state index contributed by atoms with van der Waals surface area (Å²) >= 11 is 0. The normalized spacial score (nSPS) is 22.2. The maximum atomic E-state index is 11.9. The van der Waals surface area contributed by atoms with Crippen molar-refractivity contribution in [2.45, 2.75) is 18.9 Å². The number of hydrogen-bond acceptors (Lipinski definition) is 2. The summed E-state index contributed by atoms with van der Waals surface area (Å²) in [6.45, 7) is 0. The van der Waals surface area contributed by atoms with Gasteiger partial charge in [0.05, 0.1) is 5.92 Å². The molecule has 0 saturated carbocycles. The number of cyclic esters (lactones) is 1. The van der Waals surface area contributed by atoms with Crippen LogP contribution in [-0.4, -0.2) is 5.97 Å². The average molecular weight is 252 g/mol. The molecule has 2 nitrogen and oxygen atoms in total.